The highest BCUT2D eigenvalue weighted by molar-refractivity contribution is 6.01. The summed E-state index contributed by atoms with van der Waals surface area (Å²) >= 11 is 0. The molecule has 30 heavy (non-hydrogen) atoms. The van der Waals surface area contributed by atoms with Gasteiger partial charge in [0.25, 0.3) is 5.91 Å². The predicted molar refractivity (Wildman–Crippen MR) is 114 cm³/mol. The lowest BCUT2D eigenvalue weighted by Crippen LogP contribution is -2.27. The molecule has 0 radical (unpaired) electrons. The van der Waals surface area contributed by atoms with Gasteiger partial charge in [0.1, 0.15) is 17.0 Å². The molecule has 5 rings (SSSR count). The third-order valence-corrected chi connectivity index (χ3v) is 5.47. The fourth-order valence-corrected chi connectivity index (χ4v) is 3.70. The van der Waals surface area contributed by atoms with Crippen molar-refractivity contribution in [1.82, 2.24) is 29.5 Å². The Hall–Kier alpha value is -3.46. The van der Waals surface area contributed by atoms with Gasteiger partial charge in [0.05, 0.1) is 24.0 Å². The zero-order valence-corrected chi connectivity index (χ0v) is 17.0. The van der Waals surface area contributed by atoms with Crippen molar-refractivity contribution in [3.63, 3.8) is 0 Å². The van der Waals surface area contributed by atoms with Gasteiger partial charge in [-0.2, -0.15) is 9.61 Å². The Morgan fingerprint density at radius 3 is 2.83 bits per heavy atom. The smallest absolute Gasteiger partial charge is 0.257 e. The number of aliphatic hydroxyl groups excluding tert-OH is 1. The quantitative estimate of drug-likeness (QED) is 0.470. The van der Waals surface area contributed by atoms with Crippen LogP contribution < -0.4 is 10.6 Å². The summed E-state index contributed by atoms with van der Waals surface area (Å²) in [7, 11) is 1.81. The van der Waals surface area contributed by atoms with Gasteiger partial charge >= 0.3 is 0 Å². The summed E-state index contributed by atoms with van der Waals surface area (Å²) in [6.45, 7) is 4.22. The molecule has 9 heteroatoms. The first-order chi connectivity index (χ1) is 14.5. The van der Waals surface area contributed by atoms with Crippen molar-refractivity contribution in [2.75, 3.05) is 12.4 Å². The van der Waals surface area contributed by atoms with E-state index in [-0.39, 0.29) is 18.0 Å². The van der Waals surface area contributed by atoms with E-state index in [9.17, 15) is 9.90 Å². The SMILES string of the molecule is CNc1cc(-c2cn(C(C)C)c3ncccc23)nc2c(C(=O)N[C@@H]3C[C@H]3O)cnn12. The molecule has 3 N–H and O–H groups in total. The second kappa shape index (κ2) is 6.81. The number of aliphatic hydroxyl groups is 1. The van der Waals surface area contributed by atoms with Crippen molar-refractivity contribution in [2.45, 2.75) is 38.5 Å². The maximum atomic E-state index is 12.7. The maximum absolute atomic E-state index is 12.7. The Balaban J connectivity index is 1.68. The van der Waals surface area contributed by atoms with E-state index in [4.69, 9.17) is 4.98 Å². The van der Waals surface area contributed by atoms with Gasteiger partial charge < -0.3 is 20.3 Å². The van der Waals surface area contributed by atoms with Gasteiger partial charge in [0.2, 0.25) is 0 Å². The van der Waals surface area contributed by atoms with Crippen LogP contribution in [0.1, 0.15) is 36.7 Å². The van der Waals surface area contributed by atoms with Gasteiger partial charge in [-0.25, -0.2) is 9.97 Å². The molecular formula is C21H23N7O2. The van der Waals surface area contributed by atoms with E-state index in [2.05, 4.69) is 45.3 Å². The maximum Gasteiger partial charge on any atom is 0.257 e. The second-order valence-corrected chi connectivity index (χ2v) is 7.87. The largest absolute Gasteiger partial charge is 0.391 e. The number of carbonyl (C=O) groups excluding carboxylic acids is 1. The molecule has 0 unspecified atom stereocenters. The average Bonchev–Trinajstić information content (AvgIpc) is 3.14. The molecule has 0 saturated heterocycles. The minimum Gasteiger partial charge on any atom is -0.391 e. The van der Waals surface area contributed by atoms with Gasteiger partial charge in [0, 0.05) is 42.5 Å². The minimum absolute atomic E-state index is 0.200. The zero-order chi connectivity index (χ0) is 21.0. The van der Waals surface area contributed by atoms with E-state index in [1.54, 1.807) is 17.8 Å². The van der Waals surface area contributed by atoms with E-state index in [0.29, 0.717) is 17.6 Å². The van der Waals surface area contributed by atoms with Crippen molar-refractivity contribution in [1.29, 1.82) is 0 Å². The number of nitrogens with zero attached hydrogens (tertiary/aromatic N) is 5. The highest BCUT2D eigenvalue weighted by Gasteiger charge is 2.37. The first-order valence-corrected chi connectivity index (χ1v) is 9.99. The van der Waals surface area contributed by atoms with Crippen molar-refractivity contribution >= 4 is 28.4 Å². The molecule has 1 aliphatic rings. The number of anilines is 1. The first-order valence-electron chi connectivity index (χ1n) is 9.99. The molecule has 1 saturated carbocycles. The minimum atomic E-state index is -0.471. The zero-order valence-electron chi connectivity index (χ0n) is 17.0. The normalized spacial score (nSPS) is 18.3. The third-order valence-electron chi connectivity index (χ3n) is 5.47. The molecule has 1 aliphatic carbocycles. The van der Waals surface area contributed by atoms with Crippen LogP contribution >= 0.6 is 0 Å². The Bertz CT molecular complexity index is 1270. The summed E-state index contributed by atoms with van der Waals surface area (Å²) in [6.07, 6.45) is 5.45. The molecule has 4 heterocycles. The van der Waals surface area contributed by atoms with Crippen LogP contribution in [0.15, 0.2) is 36.8 Å². The number of fused-ring (bicyclic) bond motifs is 2. The van der Waals surface area contributed by atoms with Crippen LogP contribution in [0.2, 0.25) is 0 Å². The fraction of sp³-hybridized carbons (Fsp3) is 0.333. The van der Waals surface area contributed by atoms with Crippen LogP contribution in [0.5, 0.6) is 0 Å². The Kier molecular flexibility index (Phi) is 4.21. The number of carbonyl (C=O) groups is 1. The van der Waals surface area contributed by atoms with Gasteiger partial charge in [-0.3, -0.25) is 4.79 Å². The number of nitrogens with one attached hydrogen (secondary N) is 2. The van der Waals surface area contributed by atoms with Crippen LogP contribution in [0, 0.1) is 0 Å². The number of rotatable bonds is 5. The highest BCUT2D eigenvalue weighted by Crippen LogP contribution is 2.32. The monoisotopic (exact) mass is 405 g/mol. The van der Waals surface area contributed by atoms with Gasteiger partial charge in [-0.1, -0.05) is 0 Å². The van der Waals surface area contributed by atoms with E-state index < -0.39 is 6.10 Å². The van der Waals surface area contributed by atoms with Crippen LogP contribution in [-0.2, 0) is 0 Å². The molecule has 4 aromatic rings. The Labute approximate surface area is 172 Å². The predicted octanol–water partition coefficient (Wildman–Crippen LogP) is 2.23. The lowest BCUT2D eigenvalue weighted by molar-refractivity contribution is 0.0944. The van der Waals surface area contributed by atoms with Gasteiger partial charge in [-0.15, -0.1) is 0 Å². The molecule has 0 spiro atoms. The number of amides is 1. The molecular weight excluding hydrogens is 382 g/mol. The summed E-state index contributed by atoms with van der Waals surface area (Å²) < 4.78 is 3.73. The standard InChI is InChI=1S/C21H23N7O2/c1-11(2)27-10-14(12-5-4-6-23-19(12)27)15-8-18(22-3)28-20(25-15)13(9-24-28)21(30)26-16-7-17(16)29/h4-6,8-11,16-17,22,29H,7H2,1-3H3,(H,26,30)/t16-,17-/m1/s1. The Morgan fingerprint density at radius 2 is 2.13 bits per heavy atom. The average molecular weight is 405 g/mol. The highest BCUT2D eigenvalue weighted by atomic mass is 16.3. The summed E-state index contributed by atoms with van der Waals surface area (Å²) in [4.78, 5) is 22.1. The first kappa shape index (κ1) is 18.6. The molecule has 154 valence electrons. The molecule has 4 aromatic heterocycles. The van der Waals surface area contributed by atoms with Crippen molar-refractivity contribution in [3.8, 4) is 11.3 Å². The Morgan fingerprint density at radius 1 is 1.33 bits per heavy atom. The van der Waals surface area contributed by atoms with Gasteiger partial charge in [-0.05, 0) is 32.4 Å². The molecule has 2 atom stereocenters. The molecule has 1 fully saturated rings. The number of pyridine rings is 1. The molecule has 0 bridgehead atoms. The summed E-state index contributed by atoms with van der Waals surface area (Å²) in [5, 5.41) is 20.8. The molecule has 0 aliphatic heterocycles. The lowest BCUT2D eigenvalue weighted by Gasteiger charge is -2.08. The van der Waals surface area contributed by atoms with Crippen molar-refractivity contribution in [3.05, 3.63) is 42.4 Å². The molecule has 9 nitrogen and oxygen atoms in total. The second-order valence-electron chi connectivity index (χ2n) is 7.87. The van der Waals surface area contributed by atoms with Gasteiger partial charge in [0.15, 0.2) is 5.65 Å². The topological polar surface area (TPSA) is 109 Å². The van der Waals surface area contributed by atoms with E-state index in [1.807, 2.05) is 18.2 Å². The van der Waals surface area contributed by atoms with E-state index in [0.717, 1.165) is 28.1 Å². The van der Waals surface area contributed by atoms with Crippen molar-refractivity contribution < 1.29 is 9.90 Å². The number of hydrogen-bond acceptors (Lipinski definition) is 6. The molecule has 1 amide bonds. The summed E-state index contributed by atoms with van der Waals surface area (Å²) in [5.74, 6) is 0.430. The summed E-state index contributed by atoms with van der Waals surface area (Å²) in [6, 6.07) is 5.89. The van der Waals surface area contributed by atoms with Crippen LogP contribution in [0.25, 0.3) is 27.9 Å². The van der Waals surface area contributed by atoms with Crippen LogP contribution in [0.3, 0.4) is 0 Å². The number of aromatic nitrogens is 5. The van der Waals surface area contributed by atoms with Crippen LogP contribution in [0.4, 0.5) is 5.82 Å². The number of hydrogen-bond donors (Lipinski definition) is 3. The molecule has 0 aromatic carbocycles. The van der Waals surface area contributed by atoms with Crippen LogP contribution in [-0.4, -0.2) is 54.4 Å². The third kappa shape index (κ3) is 2.89. The fourth-order valence-electron chi connectivity index (χ4n) is 3.70. The van der Waals surface area contributed by atoms with E-state index >= 15 is 0 Å². The lowest BCUT2D eigenvalue weighted by atomic mass is 10.1. The summed E-state index contributed by atoms with van der Waals surface area (Å²) in [5.41, 5.74) is 3.39. The van der Waals surface area contributed by atoms with E-state index in [1.165, 1.54) is 6.20 Å². The van der Waals surface area contributed by atoms with Crippen molar-refractivity contribution in [2.24, 2.45) is 0 Å².